The van der Waals surface area contributed by atoms with Crippen LogP contribution in [0, 0.1) is 0 Å². The van der Waals surface area contributed by atoms with Crippen molar-refractivity contribution in [2.45, 2.75) is 25.8 Å². The number of piperidine rings is 1. The van der Waals surface area contributed by atoms with Crippen LogP contribution in [0.2, 0.25) is 5.02 Å². The first kappa shape index (κ1) is 21.8. The minimum Gasteiger partial charge on any atom is -0.465 e. The number of hydrogen-bond acceptors (Lipinski definition) is 7. The number of anilines is 2. The van der Waals surface area contributed by atoms with Crippen LogP contribution in [0.15, 0.2) is 53.6 Å². The number of pyridine rings is 1. The molecule has 1 saturated heterocycles. The zero-order chi connectivity index (χ0) is 22.5. The topological polar surface area (TPSA) is 89.3 Å². The quantitative estimate of drug-likeness (QED) is 0.569. The van der Waals surface area contributed by atoms with Gasteiger partial charge in [-0.3, -0.25) is 4.79 Å². The third-order valence-corrected chi connectivity index (χ3v) is 5.81. The lowest BCUT2D eigenvalue weighted by atomic mass is 10.1. The fourth-order valence-electron chi connectivity index (χ4n) is 3.82. The van der Waals surface area contributed by atoms with Gasteiger partial charge in [0, 0.05) is 31.4 Å². The van der Waals surface area contributed by atoms with Crippen molar-refractivity contribution in [3.8, 4) is 5.69 Å². The number of aromatic nitrogens is 3. The van der Waals surface area contributed by atoms with Crippen LogP contribution in [0.3, 0.4) is 0 Å². The van der Waals surface area contributed by atoms with Crippen LogP contribution in [-0.4, -0.2) is 40.9 Å². The van der Waals surface area contributed by atoms with E-state index in [4.69, 9.17) is 16.3 Å². The highest BCUT2D eigenvalue weighted by molar-refractivity contribution is 6.33. The van der Waals surface area contributed by atoms with Gasteiger partial charge in [0.2, 0.25) is 0 Å². The smallest absolute Gasteiger partial charge is 0.340 e. The molecule has 0 aliphatic carbocycles. The van der Waals surface area contributed by atoms with E-state index in [9.17, 15) is 9.59 Å². The zero-order valence-corrected chi connectivity index (χ0v) is 18.5. The molecule has 3 aromatic rings. The Morgan fingerprint density at radius 2 is 1.94 bits per heavy atom. The molecule has 0 bridgehead atoms. The molecule has 0 radical (unpaired) electrons. The largest absolute Gasteiger partial charge is 0.465 e. The molecule has 1 fully saturated rings. The number of rotatable bonds is 6. The van der Waals surface area contributed by atoms with Crippen molar-refractivity contribution >= 4 is 29.1 Å². The first-order chi connectivity index (χ1) is 15.6. The van der Waals surface area contributed by atoms with Crippen molar-refractivity contribution in [3.63, 3.8) is 0 Å². The van der Waals surface area contributed by atoms with Crippen molar-refractivity contribution in [3.05, 3.63) is 75.3 Å². The maximum absolute atomic E-state index is 12.9. The van der Waals surface area contributed by atoms with Crippen LogP contribution >= 0.6 is 11.6 Å². The molecule has 2 aromatic heterocycles. The molecule has 3 heterocycles. The Morgan fingerprint density at radius 1 is 1.16 bits per heavy atom. The molecule has 4 rings (SSSR count). The second-order valence-electron chi connectivity index (χ2n) is 7.49. The lowest BCUT2D eigenvalue weighted by Gasteiger charge is -2.29. The molecule has 8 nitrogen and oxygen atoms in total. The fourth-order valence-corrected chi connectivity index (χ4v) is 4.01. The van der Waals surface area contributed by atoms with Gasteiger partial charge in [-0.05, 0) is 37.5 Å². The van der Waals surface area contributed by atoms with Crippen LogP contribution < -0.4 is 15.8 Å². The summed E-state index contributed by atoms with van der Waals surface area (Å²) in [6, 6.07) is 10.5. The molecule has 1 aliphatic heterocycles. The van der Waals surface area contributed by atoms with E-state index in [1.54, 1.807) is 30.5 Å². The van der Waals surface area contributed by atoms with Gasteiger partial charge in [0.1, 0.15) is 10.8 Å². The highest BCUT2D eigenvalue weighted by Crippen LogP contribution is 2.24. The van der Waals surface area contributed by atoms with E-state index in [0.29, 0.717) is 17.9 Å². The second kappa shape index (κ2) is 9.82. The highest BCUT2D eigenvalue weighted by Gasteiger charge is 2.18. The van der Waals surface area contributed by atoms with E-state index in [-0.39, 0.29) is 10.6 Å². The number of halogens is 1. The summed E-state index contributed by atoms with van der Waals surface area (Å²) in [7, 11) is 1.28. The minimum absolute atomic E-state index is 0.0110. The van der Waals surface area contributed by atoms with Crippen molar-refractivity contribution in [2.24, 2.45) is 0 Å². The molecular weight excluding hydrogens is 430 g/mol. The molecule has 0 spiro atoms. The normalized spacial score (nSPS) is 13.6. The number of benzene rings is 1. The summed E-state index contributed by atoms with van der Waals surface area (Å²) >= 11 is 6.39. The highest BCUT2D eigenvalue weighted by atomic mass is 35.5. The Labute approximate surface area is 190 Å². The number of ether oxygens (including phenoxy) is 1. The Kier molecular flexibility index (Phi) is 6.70. The van der Waals surface area contributed by atoms with Gasteiger partial charge in [0.05, 0.1) is 30.2 Å². The van der Waals surface area contributed by atoms with Crippen LogP contribution in [-0.2, 0) is 11.3 Å². The molecular formula is C23H24ClN5O3. The molecule has 0 saturated carbocycles. The Balaban J connectivity index is 1.59. The Bertz CT molecular complexity index is 1170. The van der Waals surface area contributed by atoms with E-state index in [1.165, 1.54) is 19.7 Å². The number of para-hydroxylation sites is 1. The van der Waals surface area contributed by atoms with Crippen LogP contribution in [0.4, 0.5) is 11.5 Å². The maximum atomic E-state index is 12.9. The number of hydrogen-bond donors (Lipinski definition) is 1. The molecule has 0 amide bonds. The monoisotopic (exact) mass is 453 g/mol. The minimum atomic E-state index is -0.561. The first-order valence-corrected chi connectivity index (χ1v) is 10.9. The summed E-state index contributed by atoms with van der Waals surface area (Å²) in [5, 5.41) is 7.43. The summed E-state index contributed by atoms with van der Waals surface area (Å²) in [5.41, 5.74) is 1.43. The van der Waals surface area contributed by atoms with Crippen LogP contribution in [0.25, 0.3) is 5.69 Å². The van der Waals surface area contributed by atoms with Gasteiger partial charge in [-0.2, -0.15) is 9.78 Å². The third kappa shape index (κ3) is 4.45. The van der Waals surface area contributed by atoms with Gasteiger partial charge in [0.25, 0.3) is 5.56 Å². The maximum Gasteiger partial charge on any atom is 0.340 e. The SMILES string of the molecule is COC(=O)c1ccccc1-n1ncc(NCc2cccnc2N2CCCCC2)c(Cl)c1=O. The summed E-state index contributed by atoms with van der Waals surface area (Å²) in [5.74, 6) is 0.388. The van der Waals surface area contributed by atoms with Crippen molar-refractivity contribution in [1.29, 1.82) is 0 Å². The fraction of sp³-hybridized carbons (Fsp3) is 0.304. The van der Waals surface area contributed by atoms with Crippen molar-refractivity contribution in [1.82, 2.24) is 14.8 Å². The van der Waals surface area contributed by atoms with Crippen molar-refractivity contribution < 1.29 is 9.53 Å². The van der Waals surface area contributed by atoms with Crippen LogP contribution in [0.1, 0.15) is 35.2 Å². The summed E-state index contributed by atoms with van der Waals surface area (Å²) in [4.78, 5) is 31.9. The van der Waals surface area contributed by atoms with Gasteiger partial charge in [-0.1, -0.05) is 29.8 Å². The predicted octanol–water partition coefficient (Wildman–Crippen LogP) is 3.67. The molecule has 32 heavy (non-hydrogen) atoms. The molecule has 0 unspecified atom stereocenters. The molecule has 166 valence electrons. The van der Waals surface area contributed by atoms with E-state index >= 15 is 0 Å². The Hall–Kier alpha value is -3.39. The predicted molar refractivity (Wildman–Crippen MR) is 124 cm³/mol. The lowest BCUT2D eigenvalue weighted by molar-refractivity contribution is 0.0600. The number of nitrogens with zero attached hydrogens (tertiary/aromatic N) is 4. The number of carbonyl (C=O) groups is 1. The van der Waals surface area contributed by atoms with Gasteiger partial charge in [-0.15, -0.1) is 0 Å². The molecule has 1 N–H and O–H groups in total. The van der Waals surface area contributed by atoms with Crippen LogP contribution in [0.5, 0.6) is 0 Å². The van der Waals surface area contributed by atoms with Crippen molar-refractivity contribution in [2.75, 3.05) is 30.4 Å². The first-order valence-electron chi connectivity index (χ1n) is 10.5. The standard InChI is InChI=1S/C23H24ClN5O3/c1-32-23(31)17-9-3-4-10-19(17)29-22(30)20(24)18(15-27-29)26-14-16-8-7-11-25-21(16)28-12-5-2-6-13-28/h3-4,7-11,15,26H,2,5-6,12-14H2,1H3. The summed E-state index contributed by atoms with van der Waals surface area (Å²) in [6.07, 6.45) is 6.83. The number of methoxy groups -OCH3 is 1. The van der Waals surface area contributed by atoms with Gasteiger partial charge < -0.3 is 15.0 Å². The van der Waals surface area contributed by atoms with E-state index in [2.05, 4.69) is 20.3 Å². The van der Waals surface area contributed by atoms with Gasteiger partial charge >= 0.3 is 5.97 Å². The summed E-state index contributed by atoms with van der Waals surface area (Å²) in [6.45, 7) is 2.42. The zero-order valence-electron chi connectivity index (χ0n) is 17.8. The number of carbonyl (C=O) groups excluding carboxylic acids is 1. The molecule has 1 aromatic carbocycles. The van der Waals surface area contributed by atoms with Gasteiger partial charge in [-0.25, -0.2) is 9.78 Å². The van der Waals surface area contributed by atoms with E-state index in [1.807, 2.05) is 12.1 Å². The molecule has 1 aliphatic rings. The number of nitrogens with one attached hydrogen (secondary N) is 1. The second-order valence-corrected chi connectivity index (χ2v) is 7.86. The average molecular weight is 454 g/mol. The molecule has 9 heteroatoms. The summed E-state index contributed by atoms with van der Waals surface area (Å²) < 4.78 is 5.90. The lowest BCUT2D eigenvalue weighted by Crippen LogP contribution is -2.31. The number of esters is 1. The van der Waals surface area contributed by atoms with E-state index in [0.717, 1.165) is 42.0 Å². The average Bonchev–Trinajstić information content (AvgIpc) is 2.85. The molecule has 0 atom stereocenters. The van der Waals surface area contributed by atoms with E-state index < -0.39 is 11.5 Å². The van der Waals surface area contributed by atoms with Gasteiger partial charge in [0.15, 0.2) is 0 Å². The Morgan fingerprint density at radius 3 is 2.72 bits per heavy atom. The third-order valence-electron chi connectivity index (χ3n) is 5.45.